The third-order valence-electron chi connectivity index (χ3n) is 4.30. The van der Waals surface area contributed by atoms with Crippen LogP contribution in [0.2, 0.25) is 0 Å². The molecule has 0 bridgehead atoms. The van der Waals surface area contributed by atoms with Crippen LogP contribution in [0.15, 0.2) is 24.3 Å². The molecule has 1 atom stereocenters. The summed E-state index contributed by atoms with van der Waals surface area (Å²) in [6.07, 6.45) is 2.57. The first-order valence-electron chi connectivity index (χ1n) is 8.63. The van der Waals surface area contributed by atoms with E-state index >= 15 is 0 Å². The van der Waals surface area contributed by atoms with Crippen LogP contribution < -0.4 is 10.2 Å². The fraction of sp³-hybridized carbons (Fsp3) is 0.444. The van der Waals surface area contributed by atoms with E-state index in [2.05, 4.69) is 28.5 Å². The molecular formula is C18H22N4O2S. The van der Waals surface area contributed by atoms with Crippen LogP contribution in [0.4, 0.5) is 10.8 Å². The fourth-order valence-electron chi connectivity index (χ4n) is 3.04. The molecule has 0 aliphatic carbocycles. The van der Waals surface area contributed by atoms with Crippen molar-refractivity contribution in [1.82, 2.24) is 10.2 Å². The minimum Gasteiger partial charge on any atom is -0.311 e. The van der Waals surface area contributed by atoms with Gasteiger partial charge in [-0.15, -0.1) is 10.2 Å². The largest absolute Gasteiger partial charge is 0.311 e. The van der Waals surface area contributed by atoms with Crippen molar-refractivity contribution in [2.75, 3.05) is 16.8 Å². The average Bonchev–Trinajstić information content (AvgIpc) is 3.21. The summed E-state index contributed by atoms with van der Waals surface area (Å²) in [7, 11) is 0. The van der Waals surface area contributed by atoms with Gasteiger partial charge in [-0.25, -0.2) is 0 Å². The molecule has 2 amide bonds. The molecule has 7 heteroatoms. The second-order valence-electron chi connectivity index (χ2n) is 6.13. The molecule has 1 aromatic carbocycles. The molecule has 1 fully saturated rings. The predicted molar refractivity (Wildman–Crippen MR) is 99.0 cm³/mol. The quantitative estimate of drug-likeness (QED) is 0.859. The topological polar surface area (TPSA) is 75.2 Å². The van der Waals surface area contributed by atoms with Gasteiger partial charge in [-0.3, -0.25) is 9.59 Å². The maximum absolute atomic E-state index is 12.5. The lowest BCUT2D eigenvalue weighted by Gasteiger charge is -2.19. The summed E-state index contributed by atoms with van der Waals surface area (Å²) in [5.74, 6) is 0.0793. The highest BCUT2D eigenvalue weighted by molar-refractivity contribution is 7.15. The Balaban J connectivity index is 1.72. The van der Waals surface area contributed by atoms with E-state index in [0.29, 0.717) is 24.5 Å². The zero-order valence-electron chi connectivity index (χ0n) is 14.5. The van der Waals surface area contributed by atoms with E-state index in [1.54, 1.807) is 0 Å². The van der Waals surface area contributed by atoms with Gasteiger partial charge in [0, 0.05) is 31.0 Å². The Morgan fingerprint density at radius 1 is 1.32 bits per heavy atom. The van der Waals surface area contributed by atoms with Crippen LogP contribution in [0.25, 0.3) is 0 Å². The number of hydrogen-bond donors (Lipinski definition) is 1. The Labute approximate surface area is 151 Å². The summed E-state index contributed by atoms with van der Waals surface area (Å²) in [5.41, 5.74) is 2.15. The van der Waals surface area contributed by atoms with Gasteiger partial charge in [0.25, 0.3) is 0 Å². The lowest BCUT2D eigenvalue weighted by Crippen LogP contribution is -2.25. The van der Waals surface area contributed by atoms with Crippen molar-refractivity contribution in [2.24, 2.45) is 0 Å². The van der Waals surface area contributed by atoms with Gasteiger partial charge >= 0.3 is 0 Å². The van der Waals surface area contributed by atoms with E-state index < -0.39 is 0 Å². The zero-order chi connectivity index (χ0) is 17.8. The van der Waals surface area contributed by atoms with Gasteiger partial charge in [-0.05, 0) is 24.5 Å². The fourth-order valence-corrected chi connectivity index (χ4v) is 3.89. The van der Waals surface area contributed by atoms with Crippen LogP contribution in [-0.2, 0) is 16.0 Å². The van der Waals surface area contributed by atoms with Crippen molar-refractivity contribution in [3.05, 3.63) is 34.8 Å². The first-order valence-corrected chi connectivity index (χ1v) is 9.45. The van der Waals surface area contributed by atoms with Gasteiger partial charge in [0.05, 0.1) is 0 Å². The smallest absolute Gasteiger partial charge is 0.227 e. The number of hydrogen-bond acceptors (Lipinski definition) is 5. The Kier molecular flexibility index (Phi) is 5.43. The highest BCUT2D eigenvalue weighted by Gasteiger charge is 2.34. The van der Waals surface area contributed by atoms with E-state index in [1.165, 1.54) is 16.9 Å². The van der Waals surface area contributed by atoms with Gasteiger partial charge in [-0.2, -0.15) is 0 Å². The van der Waals surface area contributed by atoms with Crippen LogP contribution in [-0.4, -0.2) is 28.6 Å². The molecule has 25 heavy (non-hydrogen) atoms. The number of benzene rings is 1. The summed E-state index contributed by atoms with van der Waals surface area (Å²) in [6, 6.07) is 8.01. The van der Waals surface area contributed by atoms with E-state index in [1.807, 2.05) is 30.0 Å². The number of para-hydroxylation sites is 1. The van der Waals surface area contributed by atoms with E-state index in [-0.39, 0.29) is 17.7 Å². The zero-order valence-corrected chi connectivity index (χ0v) is 15.3. The molecule has 0 radical (unpaired) electrons. The molecule has 0 saturated carbocycles. The van der Waals surface area contributed by atoms with Crippen molar-refractivity contribution < 1.29 is 9.59 Å². The molecule has 1 N–H and O–H groups in total. The molecular weight excluding hydrogens is 336 g/mol. The van der Waals surface area contributed by atoms with Crippen molar-refractivity contribution in [3.8, 4) is 0 Å². The monoisotopic (exact) mass is 358 g/mol. The lowest BCUT2D eigenvalue weighted by molar-refractivity contribution is -0.117. The summed E-state index contributed by atoms with van der Waals surface area (Å²) in [5, 5.41) is 12.3. The van der Waals surface area contributed by atoms with Crippen LogP contribution in [0.5, 0.6) is 0 Å². The summed E-state index contributed by atoms with van der Waals surface area (Å²) >= 11 is 1.36. The summed E-state index contributed by atoms with van der Waals surface area (Å²) < 4.78 is 0. The number of nitrogens with zero attached hydrogens (tertiary/aromatic N) is 3. The van der Waals surface area contributed by atoms with Gasteiger partial charge in [0.15, 0.2) is 0 Å². The average molecular weight is 358 g/mol. The molecule has 6 nitrogen and oxygen atoms in total. The van der Waals surface area contributed by atoms with Gasteiger partial charge in [0.1, 0.15) is 5.01 Å². The Hall–Kier alpha value is -2.28. The highest BCUT2D eigenvalue weighted by Crippen LogP contribution is 2.35. The van der Waals surface area contributed by atoms with Gasteiger partial charge < -0.3 is 10.2 Å². The second kappa shape index (κ2) is 7.74. The number of anilines is 2. The lowest BCUT2D eigenvalue weighted by atomic mass is 10.1. The Morgan fingerprint density at radius 2 is 2.12 bits per heavy atom. The minimum atomic E-state index is -0.0498. The summed E-state index contributed by atoms with van der Waals surface area (Å²) in [6.45, 7) is 4.65. The number of aryl methyl sites for hydroxylation is 1. The van der Waals surface area contributed by atoms with Crippen LogP contribution in [0.3, 0.4) is 0 Å². The van der Waals surface area contributed by atoms with Crippen LogP contribution in [0.1, 0.15) is 49.6 Å². The number of nitrogens with one attached hydrogen (secondary N) is 1. The number of carbonyl (C=O) groups is 2. The Bertz CT molecular complexity index is 774. The molecule has 0 spiro atoms. The first kappa shape index (κ1) is 17.5. The van der Waals surface area contributed by atoms with Gasteiger partial charge in [0.2, 0.25) is 16.9 Å². The predicted octanol–water partition coefficient (Wildman–Crippen LogP) is 3.36. The van der Waals surface area contributed by atoms with Crippen molar-refractivity contribution in [1.29, 1.82) is 0 Å². The maximum atomic E-state index is 12.5. The molecule has 3 rings (SSSR count). The van der Waals surface area contributed by atoms with E-state index in [0.717, 1.165) is 23.5 Å². The van der Waals surface area contributed by atoms with Crippen molar-refractivity contribution >= 4 is 34.0 Å². The second-order valence-corrected chi connectivity index (χ2v) is 7.14. The van der Waals surface area contributed by atoms with Gasteiger partial charge in [-0.1, -0.05) is 43.4 Å². The van der Waals surface area contributed by atoms with E-state index in [4.69, 9.17) is 0 Å². The standard InChI is InChI=1S/C18H22N4O2S/c1-3-7-15(23)19-18-21-20-17(25-18)13-10-16(24)22(11-13)14-9-6-5-8-12(14)4-2/h5-6,8-9,13H,3-4,7,10-11H2,1-2H3,(H,19,21,23)/t13-/m0/s1. The normalized spacial score (nSPS) is 17.1. The molecule has 1 saturated heterocycles. The van der Waals surface area contributed by atoms with Crippen molar-refractivity contribution in [2.45, 2.75) is 45.4 Å². The number of aromatic nitrogens is 2. The summed E-state index contributed by atoms with van der Waals surface area (Å²) in [4.78, 5) is 26.0. The Morgan fingerprint density at radius 3 is 2.88 bits per heavy atom. The maximum Gasteiger partial charge on any atom is 0.227 e. The number of carbonyl (C=O) groups excluding carboxylic acids is 2. The third-order valence-corrected chi connectivity index (χ3v) is 5.30. The first-order chi connectivity index (χ1) is 12.1. The SMILES string of the molecule is CCCC(=O)Nc1nnc([C@H]2CC(=O)N(c3ccccc3CC)C2)s1. The third kappa shape index (κ3) is 3.87. The number of rotatable bonds is 6. The molecule has 132 valence electrons. The molecule has 2 heterocycles. The molecule has 1 aromatic heterocycles. The van der Waals surface area contributed by atoms with Crippen LogP contribution in [0, 0.1) is 0 Å². The van der Waals surface area contributed by atoms with E-state index in [9.17, 15) is 9.59 Å². The number of amides is 2. The highest BCUT2D eigenvalue weighted by atomic mass is 32.1. The molecule has 2 aromatic rings. The molecule has 1 aliphatic heterocycles. The molecule has 0 unspecified atom stereocenters. The van der Waals surface area contributed by atoms with Crippen LogP contribution >= 0.6 is 11.3 Å². The minimum absolute atomic E-state index is 0.0201. The molecule has 1 aliphatic rings. The van der Waals surface area contributed by atoms with Crippen molar-refractivity contribution in [3.63, 3.8) is 0 Å².